The van der Waals surface area contributed by atoms with E-state index in [9.17, 15) is 4.79 Å². The van der Waals surface area contributed by atoms with Crippen LogP contribution in [0.3, 0.4) is 0 Å². The van der Waals surface area contributed by atoms with Crippen LogP contribution in [0.1, 0.15) is 11.1 Å². The Kier molecular flexibility index (Phi) is 10.6. The van der Waals surface area contributed by atoms with Crippen LogP contribution in [0, 0.1) is 0 Å². The zero-order valence-electron chi connectivity index (χ0n) is 19.9. The van der Waals surface area contributed by atoms with Crippen molar-refractivity contribution in [2.75, 3.05) is 47.6 Å². The molecule has 2 aromatic rings. The monoisotopic (exact) mass is 490 g/mol. The smallest absolute Gasteiger partial charge is 0.414 e. The summed E-state index contributed by atoms with van der Waals surface area (Å²) < 4.78 is 21.7. The maximum atomic E-state index is 12.6. The summed E-state index contributed by atoms with van der Waals surface area (Å²) in [5, 5.41) is 17.9. The van der Waals surface area contributed by atoms with Gasteiger partial charge >= 0.3 is 11.9 Å². The Bertz CT molecular complexity index is 1010. The highest BCUT2D eigenvalue weighted by Crippen LogP contribution is 2.33. The molecule has 1 aliphatic rings. The molecule has 0 saturated carbocycles. The van der Waals surface area contributed by atoms with Crippen molar-refractivity contribution in [3.05, 3.63) is 47.5 Å². The van der Waals surface area contributed by atoms with Crippen LogP contribution >= 0.6 is 0 Å². The number of fused-ring (bicyclic) bond motifs is 1. The summed E-state index contributed by atoms with van der Waals surface area (Å²) in [5.41, 5.74) is 2.30. The van der Waals surface area contributed by atoms with Crippen molar-refractivity contribution in [3.63, 3.8) is 0 Å². The lowest BCUT2D eigenvalue weighted by molar-refractivity contribution is -0.159. The molecule has 1 amide bonds. The Morgan fingerprint density at radius 1 is 0.886 bits per heavy atom. The molecule has 0 spiro atoms. The molecule has 3 rings (SSSR count). The van der Waals surface area contributed by atoms with Crippen molar-refractivity contribution >= 4 is 17.8 Å². The molecule has 1 heterocycles. The van der Waals surface area contributed by atoms with Gasteiger partial charge in [0, 0.05) is 19.6 Å². The quantitative estimate of drug-likeness (QED) is 0.349. The van der Waals surface area contributed by atoms with Gasteiger partial charge in [-0.15, -0.1) is 0 Å². The number of carboxylic acid groups (broad SMARTS) is 2. The van der Waals surface area contributed by atoms with E-state index in [0.717, 1.165) is 17.7 Å². The molecule has 35 heavy (non-hydrogen) atoms. The second-order valence-electron chi connectivity index (χ2n) is 7.33. The minimum Gasteiger partial charge on any atom is -0.493 e. The van der Waals surface area contributed by atoms with E-state index in [1.165, 1.54) is 5.56 Å². The summed E-state index contributed by atoms with van der Waals surface area (Å²) in [6.45, 7) is 2.57. The lowest BCUT2D eigenvalue weighted by atomic mass is 9.98. The molecule has 0 atom stereocenters. The maximum Gasteiger partial charge on any atom is 0.414 e. The Hall–Kier alpha value is -3.99. The van der Waals surface area contributed by atoms with E-state index >= 15 is 0 Å². The molecular weight excluding hydrogens is 460 g/mol. The average molecular weight is 491 g/mol. The van der Waals surface area contributed by atoms with Crippen LogP contribution in [0.5, 0.6) is 23.0 Å². The number of rotatable bonds is 9. The first-order valence-electron chi connectivity index (χ1n) is 10.7. The van der Waals surface area contributed by atoms with E-state index in [0.29, 0.717) is 43.5 Å². The van der Waals surface area contributed by atoms with E-state index in [-0.39, 0.29) is 12.5 Å². The Morgan fingerprint density at radius 3 is 2.03 bits per heavy atom. The molecule has 0 saturated heterocycles. The number of nitrogens with one attached hydrogen (secondary N) is 1. The zero-order chi connectivity index (χ0) is 25.8. The lowest BCUT2D eigenvalue weighted by Gasteiger charge is -2.29. The molecule has 0 aliphatic carbocycles. The van der Waals surface area contributed by atoms with Crippen LogP contribution in [-0.2, 0) is 27.3 Å². The second-order valence-corrected chi connectivity index (χ2v) is 7.33. The molecule has 190 valence electrons. The fourth-order valence-electron chi connectivity index (χ4n) is 3.37. The summed E-state index contributed by atoms with van der Waals surface area (Å²) in [6, 6.07) is 11.5. The molecule has 2 aromatic carbocycles. The number of para-hydroxylation sites is 2. The van der Waals surface area contributed by atoms with Gasteiger partial charge < -0.3 is 39.4 Å². The molecular formula is C24H30N2O9. The van der Waals surface area contributed by atoms with Gasteiger partial charge in [0.05, 0.1) is 27.9 Å². The highest BCUT2D eigenvalue weighted by Gasteiger charge is 2.22. The fourth-order valence-corrected chi connectivity index (χ4v) is 3.37. The van der Waals surface area contributed by atoms with Crippen LogP contribution in [0.4, 0.5) is 0 Å². The maximum absolute atomic E-state index is 12.6. The van der Waals surface area contributed by atoms with Crippen molar-refractivity contribution in [2.45, 2.75) is 13.0 Å². The summed E-state index contributed by atoms with van der Waals surface area (Å²) in [7, 11) is 4.86. The molecule has 11 nitrogen and oxygen atoms in total. The van der Waals surface area contributed by atoms with E-state index in [2.05, 4.69) is 5.32 Å². The van der Waals surface area contributed by atoms with Gasteiger partial charge in [0.15, 0.2) is 23.0 Å². The minimum absolute atomic E-state index is 0.0720. The van der Waals surface area contributed by atoms with Gasteiger partial charge in [-0.25, -0.2) is 9.59 Å². The number of carboxylic acids is 2. The van der Waals surface area contributed by atoms with Crippen LogP contribution in [0.15, 0.2) is 36.4 Å². The van der Waals surface area contributed by atoms with E-state index < -0.39 is 11.9 Å². The van der Waals surface area contributed by atoms with Crippen LogP contribution < -0.4 is 24.3 Å². The number of nitrogens with zero attached hydrogens (tertiary/aromatic N) is 1. The third-order valence-corrected chi connectivity index (χ3v) is 5.14. The topological polar surface area (TPSA) is 144 Å². The molecule has 0 aromatic heterocycles. The summed E-state index contributed by atoms with van der Waals surface area (Å²) in [6.07, 6.45) is 0.804. The van der Waals surface area contributed by atoms with E-state index in [4.69, 9.17) is 38.7 Å². The standard InChI is InChI=1S/C22H28N2O5.C2H2O4/c1-26-18-6-4-5-7-19(18)29-11-9-23-14-22(25)24-10-8-16-12-20(27-2)21(28-3)13-17(16)15-24;3-1(4)2(5)6/h4-7,12-13,23H,8-11,14-15H2,1-3H3;(H,3,4)(H,5,6). The molecule has 0 unspecified atom stereocenters. The number of benzene rings is 2. The highest BCUT2D eigenvalue weighted by atomic mass is 16.5. The molecule has 3 N–H and O–H groups in total. The normalized spacial score (nSPS) is 11.9. The summed E-state index contributed by atoms with van der Waals surface area (Å²) >= 11 is 0. The third-order valence-electron chi connectivity index (χ3n) is 5.14. The number of carbonyl (C=O) groups excluding carboxylic acids is 1. The first-order valence-corrected chi connectivity index (χ1v) is 10.7. The molecule has 1 aliphatic heterocycles. The van der Waals surface area contributed by atoms with Crippen LogP contribution in [-0.4, -0.2) is 80.5 Å². The van der Waals surface area contributed by atoms with Gasteiger partial charge in [0.1, 0.15) is 6.61 Å². The predicted molar refractivity (Wildman–Crippen MR) is 125 cm³/mol. The second kappa shape index (κ2) is 13.7. The van der Waals surface area contributed by atoms with Gasteiger partial charge in [0.25, 0.3) is 0 Å². The van der Waals surface area contributed by atoms with Crippen molar-refractivity contribution in [1.29, 1.82) is 0 Å². The summed E-state index contributed by atoms with van der Waals surface area (Å²) in [5.74, 6) is -0.773. The number of amides is 1. The number of carbonyl (C=O) groups is 3. The number of ether oxygens (including phenoxy) is 4. The molecule has 0 bridgehead atoms. The summed E-state index contributed by atoms with van der Waals surface area (Å²) in [4.78, 5) is 32.6. The predicted octanol–water partition coefficient (Wildman–Crippen LogP) is 1.42. The van der Waals surface area contributed by atoms with Crippen molar-refractivity contribution in [3.8, 4) is 23.0 Å². The van der Waals surface area contributed by atoms with Crippen LogP contribution in [0.25, 0.3) is 0 Å². The number of hydrogen-bond acceptors (Lipinski definition) is 8. The van der Waals surface area contributed by atoms with Crippen molar-refractivity contribution < 1.29 is 43.5 Å². The average Bonchev–Trinajstić information content (AvgIpc) is 2.87. The first-order chi connectivity index (χ1) is 16.8. The highest BCUT2D eigenvalue weighted by molar-refractivity contribution is 6.27. The lowest BCUT2D eigenvalue weighted by Crippen LogP contribution is -2.41. The fraction of sp³-hybridized carbons (Fsp3) is 0.375. The van der Waals surface area contributed by atoms with E-state index in [1.54, 1.807) is 21.3 Å². The largest absolute Gasteiger partial charge is 0.493 e. The SMILES string of the molecule is COc1cc2c(cc1OC)CN(C(=O)CNCCOc1ccccc1OC)CC2.O=C(O)C(=O)O. The molecule has 0 fully saturated rings. The van der Waals surface area contributed by atoms with E-state index in [1.807, 2.05) is 41.3 Å². The van der Waals surface area contributed by atoms with Gasteiger partial charge in [-0.1, -0.05) is 12.1 Å². The Balaban J connectivity index is 0.000000641. The Labute approximate surface area is 203 Å². The molecule has 0 radical (unpaired) electrons. The van der Waals surface area contributed by atoms with Gasteiger partial charge in [-0.2, -0.15) is 0 Å². The van der Waals surface area contributed by atoms with Gasteiger partial charge in [-0.3, -0.25) is 4.79 Å². The first kappa shape index (κ1) is 27.3. The van der Waals surface area contributed by atoms with Gasteiger partial charge in [0.2, 0.25) is 5.91 Å². The van der Waals surface area contributed by atoms with Crippen molar-refractivity contribution in [2.24, 2.45) is 0 Å². The Morgan fingerprint density at radius 2 is 1.46 bits per heavy atom. The molecule has 11 heteroatoms. The number of hydrogen-bond donors (Lipinski definition) is 3. The number of methoxy groups -OCH3 is 3. The third kappa shape index (κ3) is 8.07. The van der Waals surface area contributed by atoms with Crippen molar-refractivity contribution in [1.82, 2.24) is 10.2 Å². The minimum atomic E-state index is -1.82. The zero-order valence-corrected chi connectivity index (χ0v) is 19.9. The van der Waals surface area contributed by atoms with Gasteiger partial charge in [-0.05, 0) is 41.8 Å². The van der Waals surface area contributed by atoms with Crippen LogP contribution in [0.2, 0.25) is 0 Å². The number of aliphatic carboxylic acids is 2.